The van der Waals surface area contributed by atoms with Gasteiger partial charge in [0, 0.05) is 13.1 Å². The first-order valence-electron chi connectivity index (χ1n) is 7.25. The van der Waals surface area contributed by atoms with Gasteiger partial charge in [-0.05, 0) is 26.7 Å². The predicted octanol–water partition coefficient (Wildman–Crippen LogP) is 1.92. The lowest BCUT2D eigenvalue weighted by Gasteiger charge is -2.32. The average Bonchev–Trinajstić information content (AvgIpc) is 2.91. The maximum atomic E-state index is 11.9. The Morgan fingerprint density at radius 1 is 1.30 bits per heavy atom. The van der Waals surface area contributed by atoms with Crippen molar-refractivity contribution in [2.75, 3.05) is 22.6 Å². The quantitative estimate of drug-likeness (QED) is 0.863. The zero-order chi connectivity index (χ0) is 14.3. The number of nitrogens with zero attached hydrogens (tertiary/aromatic N) is 3. The number of fused-ring (bicyclic) bond motifs is 1. The Kier molecular flexibility index (Phi) is 3.23. The number of hydrogen-bond acceptors (Lipinski definition) is 5. The van der Waals surface area contributed by atoms with Crippen LogP contribution in [-0.2, 0) is 4.79 Å². The molecule has 0 spiro atoms. The molecule has 1 amide bonds. The molecule has 2 heterocycles. The van der Waals surface area contributed by atoms with Gasteiger partial charge in [0.1, 0.15) is 11.7 Å². The van der Waals surface area contributed by atoms with Gasteiger partial charge in [0.15, 0.2) is 5.82 Å². The van der Waals surface area contributed by atoms with Crippen LogP contribution in [0.4, 0.5) is 17.5 Å². The molecule has 2 aliphatic rings. The van der Waals surface area contributed by atoms with Crippen LogP contribution in [0.5, 0.6) is 0 Å². The van der Waals surface area contributed by atoms with Crippen LogP contribution < -0.4 is 15.5 Å². The highest BCUT2D eigenvalue weighted by Gasteiger charge is 2.30. The first-order chi connectivity index (χ1) is 9.56. The van der Waals surface area contributed by atoms with Gasteiger partial charge in [-0.2, -0.15) is 4.98 Å². The summed E-state index contributed by atoms with van der Waals surface area (Å²) < 4.78 is 0. The van der Waals surface area contributed by atoms with Crippen molar-refractivity contribution in [2.24, 2.45) is 0 Å². The SMILES string of the molecule is Cc1nc(NC2CCCC2)nc2c1NC(=O)[C@H](C)N2C. The van der Waals surface area contributed by atoms with E-state index in [0.717, 1.165) is 17.2 Å². The van der Waals surface area contributed by atoms with E-state index in [9.17, 15) is 4.79 Å². The molecule has 3 rings (SSSR count). The molecule has 1 aliphatic heterocycles. The van der Waals surface area contributed by atoms with Crippen molar-refractivity contribution in [3.05, 3.63) is 5.69 Å². The first-order valence-corrected chi connectivity index (χ1v) is 7.25. The summed E-state index contributed by atoms with van der Waals surface area (Å²) >= 11 is 0. The molecule has 0 radical (unpaired) electrons. The second-order valence-electron chi connectivity index (χ2n) is 5.73. The molecule has 6 heteroatoms. The van der Waals surface area contributed by atoms with Crippen LogP contribution >= 0.6 is 0 Å². The summed E-state index contributed by atoms with van der Waals surface area (Å²) in [4.78, 5) is 22.8. The number of amides is 1. The number of carbonyl (C=O) groups excluding carboxylic acids is 1. The molecule has 1 aromatic heterocycles. The standard InChI is InChI=1S/C14H21N5O/c1-8-11-12(19(3)9(2)13(20)17-11)18-14(15-8)16-10-6-4-5-7-10/h9-10H,4-7H2,1-3H3,(H,17,20)(H,15,16,18)/t9-/m0/s1. The molecule has 20 heavy (non-hydrogen) atoms. The van der Waals surface area contributed by atoms with E-state index in [1.807, 2.05) is 25.8 Å². The molecule has 2 N–H and O–H groups in total. The Morgan fingerprint density at radius 3 is 2.70 bits per heavy atom. The first kappa shape index (κ1) is 13.1. The van der Waals surface area contributed by atoms with Crippen LogP contribution in [-0.4, -0.2) is 35.0 Å². The van der Waals surface area contributed by atoms with Crippen molar-refractivity contribution >= 4 is 23.4 Å². The number of hydrogen-bond donors (Lipinski definition) is 2. The fourth-order valence-electron chi connectivity index (χ4n) is 2.86. The van der Waals surface area contributed by atoms with Crippen molar-refractivity contribution < 1.29 is 4.79 Å². The van der Waals surface area contributed by atoms with E-state index in [0.29, 0.717) is 12.0 Å². The fourth-order valence-corrected chi connectivity index (χ4v) is 2.86. The van der Waals surface area contributed by atoms with Crippen LogP contribution in [0, 0.1) is 6.92 Å². The largest absolute Gasteiger partial charge is 0.351 e. The average molecular weight is 275 g/mol. The van der Waals surface area contributed by atoms with Crippen LogP contribution in [0.25, 0.3) is 0 Å². The molecule has 0 saturated heterocycles. The van der Waals surface area contributed by atoms with Gasteiger partial charge in [0.2, 0.25) is 11.9 Å². The Bertz CT molecular complexity index is 539. The lowest BCUT2D eigenvalue weighted by Crippen LogP contribution is -2.45. The minimum atomic E-state index is -0.212. The molecular formula is C14H21N5O. The molecule has 1 fully saturated rings. The Balaban J connectivity index is 1.92. The van der Waals surface area contributed by atoms with E-state index in [-0.39, 0.29) is 11.9 Å². The molecule has 1 saturated carbocycles. The third-order valence-electron chi connectivity index (χ3n) is 4.30. The lowest BCUT2D eigenvalue weighted by atomic mass is 10.2. The van der Waals surface area contributed by atoms with Crippen molar-refractivity contribution in [1.82, 2.24) is 9.97 Å². The molecule has 6 nitrogen and oxygen atoms in total. The molecular weight excluding hydrogens is 254 g/mol. The van der Waals surface area contributed by atoms with Crippen molar-refractivity contribution in [3.8, 4) is 0 Å². The van der Waals surface area contributed by atoms with Gasteiger partial charge in [-0.3, -0.25) is 4.79 Å². The van der Waals surface area contributed by atoms with E-state index in [2.05, 4.69) is 20.6 Å². The third-order valence-corrected chi connectivity index (χ3v) is 4.30. The maximum absolute atomic E-state index is 11.9. The summed E-state index contributed by atoms with van der Waals surface area (Å²) in [5.74, 6) is 1.46. The lowest BCUT2D eigenvalue weighted by molar-refractivity contribution is -0.117. The van der Waals surface area contributed by atoms with Gasteiger partial charge in [-0.15, -0.1) is 0 Å². The number of nitrogens with one attached hydrogen (secondary N) is 2. The Hall–Kier alpha value is -1.85. The topological polar surface area (TPSA) is 70.1 Å². The third kappa shape index (κ3) is 2.19. The van der Waals surface area contributed by atoms with Gasteiger partial charge in [-0.1, -0.05) is 12.8 Å². The molecule has 0 unspecified atom stereocenters. The van der Waals surface area contributed by atoms with Crippen LogP contribution in [0.1, 0.15) is 38.3 Å². The zero-order valence-corrected chi connectivity index (χ0v) is 12.2. The summed E-state index contributed by atoms with van der Waals surface area (Å²) in [7, 11) is 1.90. The normalized spacial score (nSPS) is 22.6. The highest BCUT2D eigenvalue weighted by Crippen LogP contribution is 2.32. The smallest absolute Gasteiger partial charge is 0.246 e. The molecule has 1 aliphatic carbocycles. The molecule has 1 aromatic rings. The number of likely N-dealkylation sites (N-methyl/N-ethyl adjacent to an activating group) is 1. The molecule has 108 valence electrons. The van der Waals surface area contributed by atoms with Gasteiger partial charge in [0.25, 0.3) is 0 Å². The monoisotopic (exact) mass is 275 g/mol. The van der Waals surface area contributed by atoms with E-state index in [1.54, 1.807) is 0 Å². The Labute approximate surface area is 119 Å². The van der Waals surface area contributed by atoms with E-state index < -0.39 is 0 Å². The van der Waals surface area contributed by atoms with Crippen molar-refractivity contribution in [2.45, 2.75) is 51.6 Å². The highest BCUT2D eigenvalue weighted by atomic mass is 16.2. The van der Waals surface area contributed by atoms with Gasteiger partial charge in [-0.25, -0.2) is 4.98 Å². The minimum absolute atomic E-state index is 0.0109. The van der Waals surface area contributed by atoms with E-state index in [1.165, 1.54) is 25.7 Å². The second-order valence-corrected chi connectivity index (χ2v) is 5.73. The fraction of sp³-hybridized carbons (Fsp3) is 0.643. The summed E-state index contributed by atoms with van der Waals surface area (Å²) in [6.45, 7) is 3.78. The van der Waals surface area contributed by atoms with Gasteiger partial charge < -0.3 is 15.5 Å². The summed E-state index contributed by atoms with van der Waals surface area (Å²) in [5, 5.41) is 6.31. The number of aromatic nitrogens is 2. The summed E-state index contributed by atoms with van der Waals surface area (Å²) in [6.07, 6.45) is 4.91. The minimum Gasteiger partial charge on any atom is -0.351 e. The number of carbonyl (C=O) groups is 1. The second kappa shape index (κ2) is 4.92. The molecule has 0 aromatic carbocycles. The van der Waals surface area contributed by atoms with Gasteiger partial charge >= 0.3 is 0 Å². The van der Waals surface area contributed by atoms with Crippen molar-refractivity contribution in [1.29, 1.82) is 0 Å². The maximum Gasteiger partial charge on any atom is 0.246 e. The van der Waals surface area contributed by atoms with E-state index >= 15 is 0 Å². The predicted molar refractivity (Wildman–Crippen MR) is 79.1 cm³/mol. The zero-order valence-electron chi connectivity index (χ0n) is 12.2. The summed E-state index contributed by atoms with van der Waals surface area (Å²) in [6, 6.07) is 0.268. The number of aryl methyl sites for hydroxylation is 1. The highest BCUT2D eigenvalue weighted by molar-refractivity contribution is 6.03. The number of anilines is 3. The number of rotatable bonds is 2. The van der Waals surface area contributed by atoms with Crippen LogP contribution in [0.3, 0.4) is 0 Å². The molecule has 1 atom stereocenters. The van der Waals surface area contributed by atoms with Crippen LogP contribution in [0.2, 0.25) is 0 Å². The molecule has 0 bridgehead atoms. The Morgan fingerprint density at radius 2 is 2.00 bits per heavy atom. The van der Waals surface area contributed by atoms with Crippen molar-refractivity contribution in [3.63, 3.8) is 0 Å². The van der Waals surface area contributed by atoms with E-state index in [4.69, 9.17) is 0 Å². The van der Waals surface area contributed by atoms with Crippen LogP contribution in [0.15, 0.2) is 0 Å². The van der Waals surface area contributed by atoms with Gasteiger partial charge in [0.05, 0.1) is 5.69 Å². The summed E-state index contributed by atoms with van der Waals surface area (Å²) in [5.41, 5.74) is 1.54.